The van der Waals surface area contributed by atoms with Crippen LogP contribution in [0.5, 0.6) is 0 Å². The molecule has 2 aliphatic carbocycles. The summed E-state index contributed by atoms with van der Waals surface area (Å²) in [7, 11) is 1.38. The van der Waals surface area contributed by atoms with Crippen LogP contribution >= 0.6 is 0 Å². The molecule has 3 fully saturated rings. The van der Waals surface area contributed by atoms with E-state index in [1.165, 1.54) is 7.11 Å². The van der Waals surface area contributed by atoms with Crippen LogP contribution in [-0.4, -0.2) is 25.2 Å². The van der Waals surface area contributed by atoms with Gasteiger partial charge in [0.15, 0.2) is 0 Å². The highest BCUT2D eigenvalue weighted by Crippen LogP contribution is 2.57. The molecule has 3 rings (SSSR count). The van der Waals surface area contributed by atoms with Crippen molar-refractivity contribution in [3.63, 3.8) is 0 Å². The van der Waals surface area contributed by atoms with Gasteiger partial charge in [-0.05, 0) is 18.8 Å². The molecule has 4 nitrogen and oxygen atoms in total. The molecule has 0 radical (unpaired) electrons. The topological polar surface area (TPSA) is 52.6 Å². The van der Waals surface area contributed by atoms with Crippen molar-refractivity contribution in [2.45, 2.75) is 18.9 Å². The molecule has 1 aliphatic heterocycles. The van der Waals surface area contributed by atoms with Gasteiger partial charge >= 0.3 is 11.9 Å². The highest BCUT2D eigenvalue weighted by molar-refractivity contribution is 5.85. The van der Waals surface area contributed by atoms with Gasteiger partial charge in [0.25, 0.3) is 0 Å². The standard InChI is InChI=1S/C10H12O4/c1-13-9(11)7-4-2-5-6(3-4)14-10(12)8(5)7/h4-8H,2-3H2,1H3/t4-,5+,6-,7+,8-/m1/s1. The fourth-order valence-corrected chi connectivity index (χ4v) is 3.46. The van der Waals surface area contributed by atoms with E-state index in [2.05, 4.69) is 0 Å². The highest BCUT2D eigenvalue weighted by Gasteiger charge is 2.64. The summed E-state index contributed by atoms with van der Waals surface area (Å²) in [5.74, 6) is -0.247. The van der Waals surface area contributed by atoms with Crippen molar-refractivity contribution in [2.24, 2.45) is 23.7 Å². The summed E-state index contributed by atoms with van der Waals surface area (Å²) in [6, 6.07) is 0. The summed E-state index contributed by atoms with van der Waals surface area (Å²) in [6.07, 6.45) is 1.91. The SMILES string of the molecule is COC(=O)[C@H]1[C@@H]2C[C@@H]3[C@H]1C(=O)O[C@@H]3C2. The molecule has 76 valence electrons. The molecule has 3 aliphatic rings. The lowest BCUT2D eigenvalue weighted by atomic mass is 9.80. The van der Waals surface area contributed by atoms with E-state index in [4.69, 9.17) is 9.47 Å². The van der Waals surface area contributed by atoms with Crippen molar-refractivity contribution in [3.05, 3.63) is 0 Å². The molecule has 0 aromatic heterocycles. The molecule has 0 N–H and O–H groups in total. The van der Waals surface area contributed by atoms with E-state index in [0.717, 1.165) is 12.8 Å². The fraction of sp³-hybridized carbons (Fsp3) is 0.800. The molecule has 2 saturated carbocycles. The van der Waals surface area contributed by atoms with Gasteiger partial charge in [0, 0.05) is 5.92 Å². The van der Waals surface area contributed by atoms with Gasteiger partial charge in [-0.3, -0.25) is 9.59 Å². The molecule has 5 atom stereocenters. The second kappa shape index (κ2) is 2.49. The lowest BCUT2D eigenvalue weighted by Crippen LogP contribution is -2.32. The van der Waals surface area contributed by atoms with Crippen molar-refractivity contribution in [1.29, 1.82) is 0 Å². The van der Waals surface area contributed by atoms with Crippen LogP contribution < -0.4 is 0 Å². The first-order chi connectivity index (χ1) is 6.72. The minimum atomic E-state index is -0.236. The molecular weight excluding hydrogens is 184 g/mol. The van der Waals surface area contributed by atoms with Crippen molar-refractivity contribution in [1.82, 2.24) is 0 Å². The first kappa shape index (κ1) is 8.26. The van der Waals surface area contributed by atoms with E-state index in [1.807, 2.05) is 0 Å². The molecule has 0 aromatic rings. The molecule has 4 heteroatoms. The number of esters is 2. The second-order valence-corrected chi connectivity index (χ2v) is 4.45. The molecular formula is C10H12O4. The first-order valence-electron chi connectivity index (χ1n) is 5.00. The Balaban J connectivity index is 1.95. The number of hydrogen-bond acceptors (Lipinski definition) is 4. The largest absolute Gasteiger partial charge is 0.469 e. The molecule has 0 unspecified atom stereocenters. The second-order valence-electron chi connectivity index (χ2n) is 4.45. The molecule has 1 heterocycles. The quantitative estimate of drug-likeness (QED) is 0.568. The van der Waals surface area contributed by atoms with Gasteiger partial charge in [-0.2, -0.15) is 0 Å². The van der Waals surface area contributed by atoms with Crippen LogP contribution in [-0.2, 0) is 19.1 Å². The average molecular weight is 196 g/mol. The summed E-state index contributed by atoms with van der Waals surface area (Å²) in [4.78, 5) is 23.0. The van der Waals surface area contributed by atoms with E-state index in [-0.39, 0.29) is 35.8 Å². The Hall–Kier alpha value is -1.06. The minimum absolute atomic E-state index is 0.0957. The normalized spacial score (nSPS) is 48.1. The van der Waals surface area contributed by atoms with Crippen LogP contribution in [0, 0.1) is 23.7 Å². The summed E-state index contributed by atoms with van der Waals surface area (Å²) < 4.78 is 9.96. The van der Waals surface area contributed by atoms with E-state index < -0.39 is 0 Å². The molecule has 0 aromatic carbocycles. The van der Waals surface area contributed by atoms with E-state index in [9.17, 15) is 9.59 Å². The van der Waals surface area contributed by atoms with Gasteiger partial charge in [0.05, 0.1) is 18.9 Å². The Labute approximate surface area is 81.6 Å². The maximum Gasteiger partial charge on any atom is 0.310 e. The summed E-state index contributed by atoms with van der Waals surface area (Å²) >= 11 is 0. The lowest BCUT2D eigenvalue weighted by molar-refractivity contribution is -0.153. The smallest absolute Gasteiger partial charge is 0.310 e. The van der Waals surface area contributed by atoms with E-state index >= 15 is 0 Å². The molecule has 0 amide bonds. The van der Waals surface area contributed by atoms with Crippen LogP contribution in [0.2, 0.25) is 0 Å². The van der Waals surface area contributed by atoms with E-state index in [1.54, 1.807) is 0 Å². The third-order valence-electron chi connectivity index (χ3n) is 3.96. The van der Waals surface area contributed by atoms with Crippen LogP contribution in [0.3, 0.4) is 0 Å². The van der Waals surface area contributed by atoms with Gasteiger partial charge < -0.3 is 9.47 Å². The Morgan fingerprint density at radius 1 is 1.50 bits per heavy atom. The van der Waals surface area contributed by atoms with Gasteiger partial charge in [-0.15, -0.1) is 0 Å². The third-order valence-corrected chi connectivity index (χ3v) is 3.96. The third kappa shape index (κ3) is 0.792. The molecule has 0 spiro atoms. The number of rotatable bonds is 1. The lowest BCUT2D eigenvalue weighted by Gasteiger charge is -2.21. The Morgan fingerprint density at radius 2 is 2.29 bits per heavy atom. The van der Waals surface area contributed by atoms with Gasteiger partial charge in [-0.25, -0.2) is 0 Å². The van der Waals surface area contributed by atoms with E-state index in [0.29, 0.717) is 5.92 Å². The van der Waals surface area contributed by atoms with Crippen molar-refractivity contribution < 1.29 is 19.1 Å². The summed E-state index contributed by atoms with van der Waals surface area (Å²) in [6.45, 7) is 0. The monoisotopic (exact) mass is 196 g/mol. The van der Waals surface area contributed by atoms with Crippen LogP contribution in [0.1, 0.15) is 12.8 Å². The first-order valence-corrected chi connectivity index (χ1v) is 5.00. The maximum atomic E-state index is 11.5. The van der Waals surface area contributed by atoms with Gasteiger partial charge in [-0.1, -0.05) is 0 Å². The van der Waals surface area contributed by atoms with Crippen LogP contribution in [0.15, 0.2) is 0 Å². The Morgan fingerprint density at radius 3 is 3.00 bits per heavy atom. The highest BCUT2D eigenvalue weighted by atomic mass is 16.6. The Kier molecular flexibility index (Phi) is 1.47. The maximum absolute atomic E-state index is 11.5. The zero-order valence-corrected chi connectivity index (χ0v) is 7.93. The van der Waals surface area contributed by atoms with Crippen LogP contribution in [0.25, 0.3) is 0 Å². The summed E-state index contributed by atoms with van der Waals surface area (Å²) in [5.41, 5.74) is 0. The Bertz CT molecular complexity index is 309. The fourth-order valence-electron chi connectivity index (χ4n) is 3.46. The van der Waals surface area contributed by atoms with Crippen molar-refractivity contribution in [2.75, 3.05) is 7.11 Å². The number of hydrogen-bond donors (Lipinski definition) is 0. The van der Waals surface area contributed by atoms with Gasteiger partial charge in [0.2, 0.25) is 0 Å². The number of fused-ring (bicyclic) bond motifs is 1. The zero-order chi connectivity index (χ0) is 9.87. The zero-order valence-electron chi connectivity index (χ0n) is 7.93. The molecule has 1 saturated heterocycles. The number of ether oxygens (including phenoxy) is 2. The van der Waals surface area contributed by atoms with Crippen molar-refractivity contribution in [3.8, 4) is 0 Å². The average Bonchev–Trinajstić information content (AvgIpc) is 2.75. The number of carbonyl (C=O) groups excluding carboxylic acids is 2. The molecule has 14 heavy (non-hydrogen) atoms. The summed E-state index contributed by atoms with van der Waals surface area (Å²) in [5, 5.41) is 0. The molecule has 2 bridgehead atoms. The predicted octanol–water partition coefficient (Wildman–Crippen LogP) is 0.357. The number of methoxy groups -OCH3 is 1. The van der Waals surface area contributed by atoms with Crippen LogP contribution in [0.4, 0.5) is 0 Å². The minimum Gasteiger partial charge on any atom is -0.469 e. The number of carbonyl (C=O) groups is 2. The van der Waals surface area contributed by atoms with Crippen molar-refractivity contribution >= 4 is 11.9 Å². The predicted molar refractivity (Wildman–Crippen MR) is 45.1 cm³/mol. The van der Waals surface area contributed by atoms with Gasteiger partial charge in [0.1, 0.15) is 6.10 Å².